The molecular weight excluding hydrogens is 297 g/mol. The van der Waals surface area contributed by atoms with Crippen molar-refractivity contribution in [1.82, 2.24) is 4.98 Å². The maximum Gasteiger partial charge on any atom is 0.418 e. The van der Waals surface area contributed by atoms with Gasteiger partial charge in [-0.15, -0.1) is 0 Å². The molecular formula is C15H19F3N2O2. The van der Waals surface area contributed by atoms with Crippen LogP contribution in [0.3, 0.4) is 0 Å². The van der Waals surface area contributed by atoms with E-state index in [2.05, 4.69) is 4.98 Å². The molecule has 1 aliphatic heterocycles. The van der Waals surface area contributed by atoms with E-state index in [1.807, 2.05) is 6.92 Å². The lowest BCUT2D eigenvalue weighted by Gasteiger charge is -2.27. The van der Waals surface area contributed by atoms with E-state index in [0.29, 0.717) is 24.1 Å². The highest BCUT2D eigenvalue weighted by Gasteiger charge is 2.57. The second kappa shape index (κ2) is 5.30. The third kappa shape index (κ3) is 2.99. The molecule has 3 rings (SSSR count). The largest absolute Gasteiger partial charge is 0.476 e. The van der Waals surface area contributed by atoms with Crippen molar-refractivity contribution in [3.63, 3.8) is 0 Å². The Labute approximate surface area is 126 Å². The molecule has 1 N–H and O–H groups in total. The molecule has 2 fully saturated rings. The minimum Gasteiger partial charge on any atom is -0.476 e. The highest BCUT2D eigenvalue weighted by atomic mass is 19.4. The lowest BCUT2D eigenvalue weighted by Crippen LogP contribution is -2.47. The van der Waals surface area contributed by atoms with Gasteiger partial charge in [-0.25, -0.2) is 4.98 Å². The average molecular weight is 316 g/mol. The number of rotatable bonds is 4. The predicted octanol–water partition coefficient (Wildman–Crippen LogP) is 2.68. The van der Waals surface area contributed by atoms with Crippen molar-refractivity contribution in [3.05, 3.63) is 17.8 Å². The van der Waals surface area contributed by atoms with Gasteiger partial charge in [-0.05, 0) is 37.8 Å². The standard InChI is InChI=1S/C15H19F3N2O2/c1-10-2-5-12(13(19-10)22-8-11-3-4-11)20-7-6-14(21,9-20)15(16,17)18/h2,5,11,21H,3-4,6-9H2,1H3. The fourth-order valence-electron chi connectivity index (χ4n) is 2.58. The number of hydrogen-bond acceptors (Lipinski definition) is 4. The third-order valence-corrected chi connectivity index (χ3v) is 4.25. The molecule has 1 aromatic heterocycles. The summed E-state index contributed by atoms with van der Waals surface area (Å²) in [5, 5.41) is 9.81. The van der Waals surface area contributed by atoms with Crippen LogP contribution < -0.4 is 9.64 Å². The van der Waals surface area contributed by atoms with Crippen molar-refractivity contribution < 1.29 is 23.0 Å². The normalized spacial score (nSPS) is 25.6. The zero-order valence-corrected chi connectivity index (χ0v) is 12.4. The van der Waals surface area contributed by atoms with Crippen LogP contribution in [0.5, 0.6) is 5.88 Å². The van der Waals surface area contributed by atoms with Crippen LogP contribution in [-0.4, -0.2) is 41.6 Å². The molecule has 0 aromatic carbocycles. The van der Waals surface area contributed by atoms with Gasteiger partial charge in [0.25, 0.3) is 0 Å². The van der Waals surface area contributed by atoms with Crippen molar-refractivity contribution in [3.8, 4) is 5.88 Å². The SMILES string of the molecule is Cc1ccc(N2CCC(O)(C(F)(F)F)C2)c(OCC2CC2)n1. The van der Waals surface area contributed by atoms with Gasteiger partial charge in [0, 0.05) is 18.7 Å². The van der Waals surface area contributed by atoms with E-state index in [9.17, 15) is 18.3 Å². The summed E-state index contributed by atoms with van der Waals surface area (Å²) >= 11 is 0. The van der Waals surface area contributed by atoms with Crippen LogP contribution in [0.15, 0.2) is 12.1 Å². The van der Waals surface area contributed by atoms with E-state index < -0.39 is 18.3 Å². The zero-order valence-electron chi connectivity index (χ0n) is 12.4. The van der Waals surface area contributed by atoms with E-state index in [1.165, 1.54) is 4.90 Å². The highest BCUT2D eigenvalue weighted by Crippen LogP contribution is 2.41. The Balaban J connectivity index is 1.79. The number of nitrogens with zero attached hydrogens (tertiary/aromatic N) is 2. The molecule has 0 radical (unpaired) electrons. The minimum atomic E-state index is -4.63. The number of pyridine rings is 1. The third-order valence-electron chi connectivity index (χ3n) is 4.25. The molecule has 0 spiro atoms. The van der Waals surface area contributed by atoms with E-state index in [0.717, 1.165) is 18.5 Å². The topological polar surface area (TPSA) is 45.6 Å². The summed E-state index contributed by atoms with van der Waals surface area (Å²) in [6.45, 7) is 1.99. The fraction of sp³-hybridized carbons (Fsp3) is 0.667. The van der Waals surface area contributed by atoms with Gasteiger partial charge in [-0.2, -0.15) is 13.2 Å². The maximum atomic E-state index is 12.9. The second-order valence-corrected chi connectivity index (χ2v) is 6.23. The Kier molecular flexibility index (Phi) is 3.71. The van der Waals surface area contributed by atoms with Crippen LogP contribution in [0, 0.1) is 12.8 Å². The monoisotopic (exact) mass is 316 g/mol. The Morgan fingerprint density at radius 1 is 1.41 bits per heavy atom. The van der Waals surface area contributed by atoms with E-state index in [-0.39, 0.29) is 13.0 Å². The van der Waals surface area contributed by atoms with Crippen molar-refractivity contribution in [1.29, 1.82) is 0 Å². The molecule has 1 unspecified atom stereocenters. The van der Waals surface area contributed by atoms with Crippen molar-refractivity contribution in [2.24, 2.45) is 5.92 Å². The molecule has 1 atom stereocenters. The van der Waals surface area contributed by atoms with Crippen LogP contribution >= 0.6 is 0 Å². The first-order valence-electron chi connectivity index (χ1n) is 7.43. The molecule has 1 saturated heterocycles. The number of ether oxygens (including phenoxy) is 1. The van der Waals surface area contributed by atoms with Gasteiger partial charge in [0.05, 0.1) is 18.8 Å². The average Bonchev–Trinajstić information content (AvgIpc) is 3.17. The van der Waals surface area contributed by atoms with Crippen molar-refractivity contribution >= 4 is 5.69 Å². The molecule has 122 valence electrons. The Morgan fingerprint density at radius 3 is 2.73 bits per heavy atom. The maximum absolute atomic E-state index is 12.9. The molecule has 1 aromatic rings. The van der Waals surface area contributed by atoms with Crippen LogP contribution in [0.25, 0.3) is 0 Å². The minimum absolute atomic E-state index is 0.126. The second-order valence-electron chi connectivity index (χ2n) is 6.23. The summed E-state index contributed by atoms with van der Waals surface area (Å²) in [5.41, 5.74) is -1.39. The van der Waals surface area contributed by atoms with Crippen LogP contribution in [0.1, 0.15) is 25.0 Å². The Bertz CT molecular complexity index is 560. The van der Waals surface area contributed by atoms with Gasteiger partial charge in [-0.3, -0.25) is 0 Å². The first-order valence-corrected chi connectivity index (χ1v) is 7.43. The van der Waals surface area contributed by atoms with Gasteiger partial charge in [0.15, 0.2) is 5.60 Å². The van der Waals surface area contributed by atoms with E-state index >= 15 is 0 Å². The van der Waals surface area contributed by atoms with Crippen molar-refractivity contribution in [2.45, 2.75) is 38.0 Å². The lowest BCUT2D eigenvalue weighted by atomic mass is 10.0. The predicted molar refractivity (Wildman–Crippen MR) is 75.0 cm³/mol. The molecule has 7 heteroatoms. The number of aromatic nitrogens is 1. The highest BCUT2D eigenvalue weighted by molar-refractivity contribution is 5.57. The summed E-state index contributed by atoms with van der Waals surface area (Å²) in [5.74, 6) is 0.888. The molecule has 1 aliphatic carbocycles. The molecule has 4 nitrogen and oxygen atoms in total. The summed E-state index contributed by atoms with van der Waals surface area (Å²) in [6.07, 6.45) is -2.72. The lowest BCUT2D eigenvalue weighted by molar-refractivity contribution is -0.250. The van der Waals surface area contributed by atoms with E-state index in [4.69, 9.17) is 4.74 Å². The zero-order chi connectivity index (χ0) is 16.0. The van der Waals surface area contributed by atoms with Crippen LogP contribution in [-0.2, 0) is 0 Å². The number of alkyl halides is 3. The first-order chi connectivity index (χ1) is 10.3. The number of β-amino-alcohol motifs (C(OH)–C–C–N with tert-alkyl or cyclic N) is 1. The summed E-state index contributed by atoms with van der Waals surface area (Å²) in [4.78, 5) is 5.80. The smallest absolute Gasteiger partial charge is 0.418 e. The molecule has 0 bridgehead atoms. The Morgan fingerprint density at radius 2 is 2.14 bits per heavy atom. The molecule has 0 amide bonds. The van der Waals surface area contributed by atoms with Crippen LogP contribution in [0.4, 0.5) is 18.9 Å². The van der Waals surface area contributed by atoms with Gasteiger partial charge >= 0.3 is 6.18 Å². The number of halogens is 3. The quantitative estimate of drug-likeness (QED) is 0.928. The summed E-state index contributed by atoms with van der Waals surface area (Å²) in [7, 11) is 0. The molecule has 1 saturated carbocycles. The van der Waals surface area contributed by atoms with Crippen molar-refractivity contribution in [2.75, 3.05) is 24.6 Å². The molecule has 2 heterocycles. The first kappa shape index (κ1) is 15.4. The number of hydrogen-bond donors (Lipinski definition) is 1. The molecule has 2 aliphatic rings. The van der Waals surface area contributed by atoms with Gasteiger partial charge < -0.3 is 14.7 Å². The van der Waals surface area contributed by atoms with Gasteiger partial charge in [0.2, 0.25) is 5.88 Å². The Hall–Kier alpha value is -1.50. The van der Waals surface area contributed by atoms with Gasteiger partial charge in [0.1, 0.15) is 0 Å². The molecule has 22 heavy (non-hydrogen) atoms. The number of aliphatic hydroxyl groups is 1. The van der Waals surface area contributed by atoms with Crippen LogP contribution in [0.2, 0.25) is 0 Å². The summed E-state index contributed by atoms with van der Waals surface area (Å²) < 4.78 is 44.5. The number of aryl methyl sites for hydroxylation is 1. The van der Waals surface area contributed by atoms with Gasteiger partial charge in [-0.1, -0.05) is 0 Å². The summed E-state index contributed by atoms with van der Waals surface area (Å²) in [6, 6.07) is 3.46. The van der Waals surface area contributed by atoms with E-state index in [1.54, 1.807) is 12.1 Å². The number of anilines is 1. The fourth-order valence-corrected chi connectivity index (χ4v) is 2.58.